The van der Waals surface area contributed by atoms with E-state index in [-0.39, 0.29) is 18.4 Å². The van der Waals surface area contributed by atoms with Gasteiger partial charge in [-0.1, -0.05) is 102 Å². The van der Waals surface area contributed by atoms with Crippen LogP contribution in [0.4, 0.5) is 0 Å². The van der Waals surface area contributed by atoms with Crippen LogP contribution in [0.3, 0.4) is 0 Å². The van der Waals surface area contributed by atoms with Crippen molar-refractivity contribution < 1.29 is 24.1 Å². The molecule has 1 aliphatic rings. The summed E-state index contributed by atoms with van der Waals surface area (Å²) in [5.74, 6) is -0.791. The van der Waals surface area contributed by atoms with Crippen molar-refractivity contribution in [3.63, 3.8) is 0 Å². The van der Waals surface area contributed by atoms with Gasteiger partial charge < -0.3 is 19.3 Å². The van der Waals surface area contributed by atoms with E-state index in [1.165, 1.54) is 44.9 Å². The van der Waals surface area contributed by atoms with Crippen LogP contribution in [0.2, 0.25) is 0 Å². The summed E-state index contributed by atoms with van der Waals surface area (Å²) in [5.41, 5.74) is -0.564. The highest BCUT2D eigenvalue weighted by molar-refractivity contribution is 5.73. The third-order valence-corrected chi connectivity index (χ3v) is 8.01. The Labute approximate surface area is 260 Å². The molecule has 0 aromatic heterocycles. The van der Waals surface area contributed by atoms with Crippen molar-refractivity contribution in [2.45, 2.75) is 194 Å². The summed E-state index contributed by atoms with van der Waals surface area (Å²) in [6.45, 7) is 10.8. The second kappa shape index (κ2) is 25.2. The van der Waals surface area contributed by atoms with E-state index in [1.54, 1.807) is 0 Å². The Kier molecular flexibility index (Phi) is 23.3. The van der Waals surface area contributed by atoms with Crippen LogP contribution in [0.25, 0.3) is 0 Å². The molecule has 1 aliphatic heterocycles. The number of carbonyl (C=O) groups is 1. The maximum Gasteiger partial charge on any atom is 0.312 e. The Morgan fingerprint density at radius 1 is 0.833 bits per heavy atom. The highest BCUT2D eigenvalue weighted by Gasteiger charge is 2.33. The van der Waals surface area contributed by atoms with Gasteiger partial charge in [-0.3, -0.25) is 4.79 Å². The molecule has 246 valence electrons. The van der Waals surface area contributed by atoms with E-state index in [0.717, 1.165) is 83.7 Å². The maximum absolute atomic E-state index is 13.1. The number of hydrogen-bond donors (Lipinski definition) is 1. The first-order chi connectivity index (χ1) is 20.3. The molecule has 0 saturated carbocycles. The van der Waals surface area contributed by atoms with Gasteiger partial charge in [-0.2, -0.15) is 0 Å². The lowest BCUT2D eigenvalue weighted by Crippen LogP contribution is -2.38. The Hall–Kier alpha value is -1.17. The summed E-state index contributed by atoms with van der Waals surface area (Å²) in [6, 6.07) is 0. The molecule has 1 heterocycles. The van der Waals surface area contributed by atoms with Crippen LogP contribution in [0, 0.1) is 5.92 Å². The van der Waals surface area contributed by atoms with Crippen molar-refractivity contribution in [1.82, 2.24) is 0 Å². The number of carbonyl (C=O) groups excluding carboxylic acids is 1. The zero-order valence-electron chi connectivity index (χ0n) is 28.3. The molecule has 1 fully saturated rings. The second-order valence-corrected chi connectivity index (χ2v) is 13.4. The average molecular weight is 593 g/mol. The lowest BCUT2D eigenvalue weighted by Gasteiger charge is -2.31. The summed E-state index contributed by atoms with van der Waals surface area (Å²) in [6.07, 6.45) is 30.8. The van der Waals surface area contributed by atoms with Gasteiger partial charge in [-0.25, -0.2) is 0 Å². The molecule has 5 heteroatoms. The van der Waals surface area contributed by atoms with Gasteiger partial charge in [0.25, 0.3) is 0 Å². The molecule has 42 heavy (non-hydrogen) atoms. The molecule has 0 radical (unpaired) electrons. The van der Waals surface area contributed by atoms with Gasteiger partial charge in [0.15, 0.2) is 6.29 Å². The lowest BCUT2D eigenvalue weighted by atomic mass is 9.90. The highest BCUT2D eigenvalue weighted by Crippen LogP contribution is 2.27. The molecular formula is C37H68O5. The number of hydrogen-bond acceptors (Lipinski definition) is 5. The smallest absolute Gasteiger partial charge is 0.312 e. The molecule has 0 spiro atoms. The fourth-order valence-electron chi connectivity index (χ4n) is 5.53. The minimum Gasteiger partial charge on any atom is -0.460 e. The largest absolute Gasteiger partial charge is 0.460 e. The highest BCUT2D eigenvalue weighted by atomic mass is 16.7. The predicted molar refractivity (Wildman–Crippen MR) is 177 cm³/mol. The first kappa shape index (κ1) is 38.9. The molecule has 0 amide bonds. The zero-order valence-corrected chi connectivity index (χ0v) is 28.3. The number of rotatable bonds is 25. The molecule has 0 aromatic carbocycles. The summed E-state index contributed by atoms with van der Waals surface area (Å²) in [4.78, 5) is 13.1. The van der Waals surface area contributed by atoms with Crippen molar-refractivity contribution in [3.8, 4) is 0 Å². The van der Waals surface area contributed by atoms with Gasteiger partial charge in [-0.05, 0) is 85.0 Å². The molecular weight excluding hydrogens is 524 g/mol. The quantitative estimate of drug-likeness (QED) is 0.0649. The molecule has 1 rings (SSSR count). The second-order valence-electron chi connectivity index (χ2n) is 13.4. The third kappa shape index (κ3) is 21.5. The van der Waals surface area contributed by atoms with Crippen molar-refractivity contribution in [3.05, 3.63) is 24.3 Å². The monoisotopic (exact) mass is 593 g/mol. The topological polar surface area (TPSA) is 65.0 Å². The van der Waals surface area contributed by atoms with Gasteiger partial charge in [0.2, 0.25) is 0 Å². The minimum atomic E-state index is -0.770. The average Bonchev–Trinajstić information content (AvgIpc) is 2.94. The van der Waals surface area contributed by atoms with Crippen LogP contribution in [0.1, 0.15) is 169 Å². The van der Waals surface area contributed by atoms with Crippen LogP contribution >= 0.6 is 0 Å². The van der Waals surface area contributed by atoms with Gasteiger partial charge >= 0.3 is 5.97 Å². The van der Waals surface area contributed by atoms with E-state index in [9.17, 15) is 9.90 Å². The molecule has 0 aromatic rings. The van der Waals surface area contributed by atoms with E-state index in [4.69, 9.17) is 14.2 Å². The number of unbranched alkanes of at least 4 members (excludes halogenated alkanes) is 11. The molecule has 4 unspecified atom stereocenters. The number of aliphatic hydroxyl groups excluding tert-OH is 1. The molecule has 1 N–H and O–H groups in total. The fourth-order valence-corrected chi connectivity index (χ4v) is 5.53. The van der Waals surface area contributed by atoms with Gasteiger partial charge in [0, 0.05) is 13.0 Å². The zero-order chi connectivity index (χ0) is 30.9. The minimum absolute atomic E-state index is 0.110. The molecule has 0 bridgehead atoms. The predicted octanol–water partition coefficient (Wildman–Crippen LogP) is 10.4. The van der Waals surface area contributed by atoms with E-state index in [0.29, 0.717) is 12.8 Å². The molecule has 5 nitrogen and oxygen atoms in total. The molecule has 1 saturated heterocycles. The van der Waals surface area contributed by atoms with Crippen LogP contribution in [-0.2, 0) is 19.0 Å². The first-order valence-corrected chi connectivity index (χ1v) is 17.7. The Balaban J connectivity index is 2.50. The Morgan fingerprint density at radius 3 is 2.07 bits per heavy atom. The standard InChI is InChI=1S/C37H68O5/c1-6-8-10-12-13-14-15-16-17-18-19-20-21-22-23-27-32(41-35-29-25-26-30-40-35)31-34(38)33(28-24-11-9-7-2)36(39)42-37(3,4)5/h13-14,16-17,32-35,38H,6-12,15,18-31H2,1-5H3/b14-13-,17-16-. The van der Waals surface area contributed by atoms with Crippen LogP contribution in [0.5, 0.6) is 0 Å². The van der Waals surface area contributed by atoms with Crippen molar-refractivity contribution in [1.29, 1.82) is 0 Å². The summed E-state index contributed by atoms with van der Waals surface area (Å²) >= 11 is 0. The molecule has 4 atom stereocenters. The van der Waals surface area contributed by atoms with Gasteiger partial charge in [-0.15, -0.1) is 0 Å². The van der Waals surface area contributed by atoms with Crippen LogP contribution in [-0.4, -0.2) is 41.8 Å². The van der Waals surface area contributed by atoms with Crippen LogP contribution < -0.4 is 0 Å². The number of esters is 1. The Morgan fingerprint density at radius 2 is 1.43 bits per heavy atom. The Bertz CT molecular complexity index is 689. The summed E-state index contributed by atoms with van der Waals surface area (Å²) < 4.78 is 18.0. The summed E-state index contributed by atoms with van der Waals surface area (Å²) in [7, 11) is 0. The number of ether oxygens (including phenoxy) is 3. The van der Waals surface area contributed by atoms with Crippen molar-refractivity contribution in [2.24, 2.45) is 5.92 Å². The maximum atomic E-state index is 13.1. The van der Waals surface area contributed by atoms with Crippen molar-refractivity contribution >= 4 is 5.97 Å². The summed E-state index contributed by atoms with van der Waals surface area (Å²) in [5, 5.41) is 11.3. The van der Waals surface area contributed by atoms with E-state index in [1.807, 2.05) is 20.8 Å². The lowest BCUT2D eigenvalue weighted by molar-refractivity contribution is -0.197. The molecule has 0 aliphatic carbocycles. The fraction of sp³-hybridized carbons (Fsp3) is 0.865. The van der Waals surface area contributed by atoms with Crippen LogP contribution in [0.15, 0.2) is 24.3 Å². The van der Waals surface area contributed by atoms with E-state index in [2.05, 4.69) is 38.2 Å². The number of allylic oxidation sites excluding steroid dienone is 4. The van der Waals surface area contributed by atoms with E-state index >= 15 is 0 Å². The van der Waals surface area contributed by atoms with Crippen molar-refractivity contribution in [2.75, 3.05) is 6.61 Å². The SMILES string of the molecule is CCCCC/C=C\C/C=C\CCCCCCCC(CC(O)C(CCCCCC)C(=O)OC(C)(C)C)OC1CCCCO1. The van der Waals surface area contributed by atoms with Gasteiger partial charge in [0.05, 0.1) is 18.1 Å². The van der Waals surface area contributed by atoms with Gasteiger partial charge in [0.1, 0.15) is 5.60 Å². The number of aliphatic hydroxyl groups is 1. The normalized spacial score (nSPS) is 18.5. The third-order valence-electron chi connectivity index (χ3n) is 8.01. The first-order valence-electron chi connectivity index (χ1n) is 17.7. The van der Waals surface area contributed by atoms with E-state index < -0.39 is 17.6 Å².